The van der Waals surface area contributed by atoms with Gasteiger partial charge in [-0.3, -0.25) is 15.7 Å². The number of benzene rings is 3. The van der Waals surface area contributed by atoms with Crippen LogP contribution in [0.3, 0.4) is 0 Å². The first kappa shape index (κ1) is 20.6. The summed E-state index contributed by atoms with van der Waals surface area (Å²) in [4.78, 5) is 4.46. The minimum atomic E-state index is -0.248. The second-order valence-electron chi connectivity index (χ2n) is 7.25. The molecule has 0 radical (unpaired) electrons. The van der Waals surface area contributed by atoms with Crippen molar-refractivity contribution in [2.75, 3.05) is 12.0 Å². The highest BCUT2D eigenvalue weighted by Crippen LogP contribution is 2.32. The fraction of sp³-hybridized carbons (Fsp3) is 0.208. The lowest BCUT2D eigenvalue weighted by Gasteiger charge is -2.10. The van der Waals surface area contributed by atoms with Gasteiger partial charge in [0.1, 0.15) is 11.6 Å². The van der Waals surface area contributed by atoms with E-state index in [4.69, 9.17) is 5.21 Å². The lowest BCUT2D eigenvalue weighted by molar-refractivity contribution is 0.388. The Balaban J connectivity index is 0.000000252. The zero-order valence-corrected chi connectivity index (χ0v) is 16.6. The van der Waals surface area contributed by atoms with Crippen molar-refractivity contribution < 1.29 is 14.7 Å². The maximum Gasteiger partial charge on any atom is 0.126 e. The molecular weight excluding hydrogens is 367 g/mol. The molecule has 0 aliphatic carbocycles. The molecule has 5 heteroatoms. The van der Waals surface area contributed by atoms with Gasteiger partial charge in [-0.05, 0) is 50.1 Å². The molecule has 0 saturated heterocycles. The minimum absolute atomic E-state index is 0.0627. The van der Waals surface area contributed by atoms with E-state index in [1.54, 1.807) is 18.2 Å². The lowest BCUT2D eigenvalue weighted by Crippen LogP contribution is -2.03. The van der Waals surface area contributed by atoms with Crippen LogP contribution >= 0.6 is 0 Å². The topological polar surface area (TPSA) is 64.8 Å². The molecule has 0 bridgehead atoms. The van der Waals surface area contributed by atoms with Gasteiger partial charge < -0.3 is 5.11 Å². The number of phenolic OH excluding ortho intramolecular Hbond substituents is 1. The summed E-state index contributed by atoms with van der Waals surface area (Å²) >= 11 is 0. The molecule has 1 unspecified atom stereocenters. The monoisotopic (exact) mass is 392 g/mol. The van der Waals surface area contributed by atoms with Gasteiger partial charge in [-0.15, -0.1) is 0 Å². The van der Waals surface area contributed by atoms with E-state index in [1.165, 1.54) is 29.3 Å². The standard InChI is InChI=1S/C16H15FN2O2.C8H10/c17-12-3-1-2-10(6-12)11-7-15(18-9-11)14-5-4-13(19-21)8-16(14)20;1-7-4-3-5-8(2)6-7/h1-6,8,11,19-21H,7,9H2;3-6H,1-2H3. The van der Waals surface area contributed by atoms with E-state index in [2.05, 4.69) is 43.1 Å². The number of aromatic hydroxyl groups is 1. The zero-order chi connectivity index (χ0) is 20.8. The third kappa shape index (κ3) is 5.42. The van der Waals surface area contributed by atoms with Gasteiger partial charge in [0.2, 0.25) is 0 Å². The van der Waals surface area contributed by atoms with Crippen molar-refractivity contribution in [3.05, 3.63) is 94.8 Å². The van der Waals surface area contributed by atoms with Crippen LogP contribution in [-0.2, 0) is 0 Å². The summed E-state index contributed by atoms with van der Waals surface area (Å²) in [6.45, 7) is 4.79. The Labute approximate surface area is 170 Å². The predicted molar refractivity (Wildman–Crippen MR) is 115 cm³/mol. The van der Waals surface area contributed by atoms with Gasteiger partial charge in [-0.2, -0.15) is 0 Å². The van der Waals surface area contributed by atoms with Crippen molar-refractivity contribution in [1.82, 2.24) is 0 Å². The molecular formula is C24H25FN2O2. The van der Waals surface area contributed by atoms with E-state index >= 15 is 0 Å². The fourth-order valence-corrected chi connectivity index (χ4v) is 3.41. The largest absolute Gasteiger partial charge is 0.507 e. The highest BCUT2D eigenvalue weighted by molar-refractivity contribution is 6.04. The van der Waals surface area contributed by atoms with Crippen molar-refractivity contribution in [3.63, 3.8) is 0 Å². The first-order chi connectivity index (χ1) is 14.0. The average Bonchev–Trinajstić information content (AvgIpc) is 3.18. The number of phenols is 1. The minimum Gasteiger partial charge on any atom is -0.507 e. The van der Waals surface area contributed by atoms with Crippen LogP contribution in [0.2, 0.25) is 0 Å². The fourth-order valence-electron chi connectivity index (χ4n) is 3.41. The smallest absolute Gasteiger partial charge is 0.126 e. The number of hydrogen-bond donors (Lipinski definition) is 3. The Morgan fingerprint density at radius 1 is 0.966 bits per heavy atom. The molecule has 0 saturated carbocycles. The Morgan fingerprint density at radius 2 is 1.69 bits per heavy atom. The molecule has 1 heterocycles. The summed E-state index contributed by atoms with van der Waals surface area (Å²) < 4.78 is 13.3. The number of halogens is 1. The van der Waals surface area contributed by atoms with Crippen molar-refractivity contribution in [1.29, 1.82) is 0 Å². The maximum atomic E-state index is 13.3. The van der Waals surface area contributed by atoms with Crippen molar-refractivity contribution >= 4 is 11.4 Å². The molecule has 4 rings (SSSR count). The van der Waals surface area contributed by atoms with Gasteiger partial charge in [0.05, 0.1) is 5.69 Å². The van der Waals surface area contributed by atoms with Crippen molar-refractivity contribution in [2.24, 2.45) is 4.99 Å². The summed E-state index contributed by atoms with van der Waals surface area (Å²) in [6, 6.07) is 19.8. The highest BCUT2D eigenvalue weighted by atomic mass is 19.1. The number of anilines is 1. The van der Waals surface area contributed by atoms with Gasteiger partial charge in [0.25, 0.3) is 0 Å². The van der Waals surface area contributed by atoms with Crippen LogP contribution in [-0.4, -0.2) is 22.6 Å². The van der Waals surface area contributed by atoms with E-state index in [0.717, 1.165) is 11.3 Å². The summed E-state index contributed by atoms with van der Waals surface area (Å²) in [6.07, 6.45) is 0.656. The number of nitrogens with one attached hydrogen (secondary N) is 1. The highest BCUT2D eigenvalue weighted by Gasteiger charge is 2.23. The second kappa shape index (κ2) is 9.34. The van der Waals surface area contributed by atoms with Crippen LogP contribution in [0.4, 0.5) is 10.1 Å². The first-order valence-electron chi connectivity index (χ1n) is 9.52. The summed E-state index contributed by atoms with van der Waals surface area (Å²) in [5, 5.41) is 18.8. The van der Waals surface area contributed by atoms with E-state index in [0.29, 0.717) is 24.2 Å². The molecule has 3 aromatic carbocycles. The molecule has 3 aromatic rings. The Bertz CT molecular complexity index is 1000. The van der Waals surface area contributed by atoms with Crippen LogP contribution in [0.5, 0.6) is 5.75 Å². The molecule has 4 nitrogen and oxygen atoms in total. The van der Waals surface area contributed by atoms with Crippen molar-refractivity contribution in [3.8, 4) is 5.75 Å². The normalized spacial score (nSPS) is 15.3. The van der Waals surface area contributed by atoms with Gasteiger partial charge in [0, 0.05) is 29.8 Å². The van der Waals surface area contributed by atoms with Crippen LogP contribution in [0, 0.1) is 19.7 Å². The summed E-state index contributed by atoms with van der Waals surface area (Å²) in [7, 11) is 0. The lowest BCUT2D eigenvalue weighted by atomic mass is 9.93. The molecule has 1 aliphatic rings. The molecule has 0 amide bonds. The Hall–Kier alpha value is -3.18. The SMILES string of the molecule is Cc1cccc(C)c1.ONc1ccc(C2=NCC(c3cccc(F)c3)C2)c(O)c1. The molecule has 0 aromatic heterocycles. The number of aryl methyl sites for hydroxylation is 2. The molecule has 0 fully saturated rings. The number of rotatable bonds is 3. The average molecular weight is 392 g/mol. The van der Waals surface area contributed by atoms with Crippen LogP contribution in [0.1, 0.15) is 34.6 Å². The predicted octanol–water partition coefficient (Wildman–Crippen LogP) is 5.61. The van der Waals surface area contributed by atoms with Gasteiger partial charge >= 0.3 is 0 Å². The zero-order valence-electron chi connectivity index (χ0n) is 16.6. The van der Waals surface area contributed by atoms with E-state index in [9.17, 15) is 9.50 Å². The number of aliphatic imine (C=N–C) groups is 1. The second-order valence-corrected chi connectivity index (χ2v) is 7.25. The summed E-state index contributed by atoms with van der Waals surface area (Å²) in [5.41, 5.74) is 7.44. The quantitative estimate of drug-likeness (QED) is 0.508. The van der Waals surface area contributed by atoms with Crippen molar-refractivity contribution in [2.45, 2.75) is 26.2 Å². The molecule has 150 valence electrons. The van der Waals surface area contributed by atoms with Gasteiger partial charge in [-0.25, -0.2) is 4.39 Å². The summed E-state index contributed by atoms with van der Waals surface area (Å²) in [5.74, 6) is -0.0550. The van der Waals surface area contributed by atoms with E-state index in [1.807, 2.05) is 11.5 Å². The van der Waals surface area contributed by atoms with Crippen LogP contribution in [0.25, 0.3) is 0 Å². The third-order valence-electron chi connectivity index (χ3n) is 4.87. The van der Waals surface area contributed by atoms with Gasteiger partial charge in [0.15, 0.2) is 0 Å². The number of nitrogens with zero attached hydrogens (tertiary/aromatic N) is 1. The third-order valence-corrected chi connectivity index (χ3v) is 4.87. The molecule has 1 aliphatic heterocycles. The molecule has 0 spiro atoms. The molecule has 29 heavy (non-hydrogen) atoms. The first-order valence-corrected chi connectivity index (χ1v) is 9.52. The molecule has 3 N–H and O–H groups in total. The number of hydrogen-bond acceptors (Lipinski definition) is 4. The Morgan fingerprint density at radius 3 is 2.28 bits per heavy atom. The van der Waals surface area contributed by atoms with E-state index in [-0.39, 0.29) is 17.5 Å². The maximum absolute atomic E-state index is 13.3. The van der Waals surface area contributed by atoms with Crippen LogP contribution in [0.15, 0.2) is 71.7 Å². The van der Waals surface area contributed by atoms with Gasteiger partial charge in [-0.1, -0.05) is 47.5 Å². The molecule has 1 atom stereocenters. The van der Waals surface area contributed by atoms with E-state index < -0.39 is 0 Å². The Kier molecular flexibility index (Phi) is 6.62. The van der Waals surface area contributed by atoms with Crippen LogP contribution < -0.4 is 5.48 Å².